The molecular weight excluding hydrogens is 408 g/mol. The van der Waals surface area contributed by atoms with E-state index in [1.165, 1.54) is 11.8 Å². The van der Waals surface area contributed by atoms with E-state index >= 15 is 0 Å². The normalized spacial score (nSPS) is 10.6. The van der Waals surface area contributed by atoms with Crippen molar-refractivity contribution in [1.29, 1.82) is 0 Å². The van der Waals surface area contributed by atoms with E-state index in [-0.39, 0.29) is 5.56 Å². The smallest absolute Gasteiger partial charge is 0.338 e. The van der Waals surface area contributed by atoms with Crippen LogP contribution >= 0.6 is 43.6 Å². The number of nitrogens with zero attached hydrogens (tertiary/aromatic N) is 2. The SMILES string of the molecule is Cc1cc(C)c(C(=O)O)c(Sc2ncc(Br)cc2Br)n1. The minimum absolute atomic E-state index is 0.220. The van der Waals surface area contributed by atoms with Gasteiger partial charge in [-0.15, -0.1) is 0 Å². The zero-order chi connectivity index (χ0) is 14.9. The summed E-state index contributed by atoms with van der Waals surface area (Å²) in [4.78, 5) is 20.0. The van der Waals surface area contributed by atoms with Crippen molar-refractivity contribution in [2.45, 2.75) is 23.9 Å². The zero-order valence-corrected chi connectivity index (χ0v) is 14.6. The van der Waals surface area contributed by atoms with Crippen LogP contribution in [0.2, 0.25) is 0 Å². The van der Waals surface area contributed by atoms with Gasteiger partial charge < -0.3 is 5.11 Å². The molecule has 1 N–H and O–H groups in total. The first-order chi connectivity index (χ1) is 9.38. The molecule has 0 fully saturated rings. The number of carboxylic acid groups (broad SMARTS) is 1. The summed E-state index contributed by atoms with van der Waals surface area (Å²) in [6.45, 7) is 3.61. The summed E-state index contributed by atoms with van der Waals surface area (Å²) < 4.78 is 1.63. The first-order valence-electron chi connectivity index (χ1n) is 5.59. The van der Waals surface area contributed by atoms with Gasteiger partial charge in [0.25, 0.3) is 0 Å². The van der Waals surface area contributed by atoms with Crippen LogP contribution in [0.25, 0.3) is 0 Å². The van der Waals surface area contributed by atoms with Gasteiger partial charge in [-0.2, -0.15) is 0 Å². The molecule has 0 amide bonds. The van der Waals surface area contributed by atoms with Crippen molar-refractivity contribution in [3.8, 4) is 0 Å². The van der Waals surface area contributed by atoms with Gasteiger partial charge in [0.1, 0.15) is 10.1 Å². The molecule has 7 heteroatoms. The predicted octanol–water partition coefficient (Wildman–Crippen LogP) is 4.47. The highest BCUT2D eigenvalue weighted by atomic mass is 79.9. The maximum Gasteiger partial charge on any atom is 0.338 e. The zero-order valence-electron chi connectivity index (χ0n) is 10.6. The molecule has 0 radical (unpaired) electrons. The Morgan fingerprint density at radius 2 is 1.95 bits per heavy atom. The average Bonchev–Trinajstić information content (AvgIpc) is 2.31. The standard InChI is InChI=1S/C13H10Br2N2O2S/c1-6-3-7(2)17-12(10(6)13(18)19)20-11-9(15)4-8(14)5-16-11/h3-5H,1-2H3,(H,18,19). The largest absolute Gasteiger partial charge is 0.478 e. The third kappa shape index (κ3) is 3.39. The average molecular weight is 418 g/mol. The lowest BCUT2D eigenvalue weighted by atomic mass is 10.1. The van der Waals surface area contributed by atoms with Gasteiger partial charge in [-0.3, -0.25) is 0 Å². The molecule has 2 heterocycles. The topological polar surface area (TPSA) is 63.1 Å². The summed E-state index contributed by atoms with van der Waals surface area (Å²) >= 11 is 7.98. The number of carbonyl (C=O) groups is 1. The van der Waals surface area contributed by atoms with Crippen LogP contribution in [0.15, 0.2) is 37.3 Å². The minimum Gasteiger partial charge on any atom is -0.478 e. The van der Waals surface area contributed by atoms with Gasteiger partial charge in [0.2, 0.25) is 0 Å². The van der Waals surface area contributed by atoms with Crippen LogP contribution in [0.1, 0.15) is 21.6 Å². The molecule has 0 saturated heterocycles. The van der Waals surface area contributed by atoms with Crippen molar-refractivity contribution < 1.29 is 9.90 Å². The molecular formula is C13H10Br2N2O2S. The Morgan fingerprint density at radius 3 is 2.55 bits per heavy atom. The summed E-state index contributed by atoms with van der Waals surface area (Å²) in [5.74, 6) is -0.981. The van der Waals surface area contributed by atoms with E-state index in [0.717, 1.165) is 14.6 Å². The van der Waals surface area contributed by atoms with Crippen LogP contribution < -0.4 is 0 Å². The van der Waals surface area contributed by atoms with E-state index in [2.05, 4.69) is 41.8 Å². The fourth-order valence-electron chi connectivity index (χ4n) is 1.71. The number of aromatic nitrogens is 2. The number of aryl methyl sites for hydroxylation is 2. The maximum absolute atomic E-state index is 11.4. The predicted molar refractivity (Wildman–Crippen MR) is 84.4 cm³/mol. The summed E-state index contributed by atoms with van der Waals surface area (Å²) in [6, 6.07) is 3.62. The molecule has 0 aliphatic carbocycles. The number of carboxylic acids is 1. The molecule has 104 valence electrons. The summed E-state index contributed by atoms with van der Waals surface area (Å²) in [5, 5.41) is 10.5. The molecule has 2 aromatic heterocycles. The molecule has 0 spiro atoms. The number of rotatable bonds is 3. The Bertz CT molecular complexity index is 692. The number of hydrogen-bond donors (Lipinski definition) is 1. The third-order valence-corrected chi connectivity index (χ3v) is 4.80. The summed E-state index contributed by atoms with van der Waals surface area (Å²) in [6.07, 6.45) is 1.66. The quantitative estimate of drug-likeness (QED) is 0.798. The number of hydrogen-bond acceptors (Lipinski definition) is 4. The van der Waals surface area contributed by atoms with Crippen LogP contribution in [0, 0.1) is 13.8 Å². The lowest BCUT2D eigenvalue weighted by molar-refractivity contribution is 0.0691. The fraction of sp³-hybridized carbons (Fsp3) is 0.154. The lowest BCUT2D eigenvalue weighted by Crippen LogP contribution is -2.05. The molecule has 2 aromatic rings. The maximum atomic E-state index is 11.4. The molecule has 4 nitrogen and oxygen atoms in total. The van der Waals surface area contributed by atoms with Crippen LogP contribution in [-0.4, -0.2) is 21.0 Å². The van der Waals surface area contributed by atoms with Crippen molar-refractivity contribution in [1.82, 2.24) is 9.97 Å². The molecule has 20 heavy (non-hydrogen) atoms. The Kier molecular flexibility index (Phi) is 4.82. The first kappa shape index (κ1) is 15.5. The van der Waals surface area contributed by atoms with E-state index < -0.39 is 5.97 Å². The van der Waals surface area contributed by atoms with Crippen molar-refractivity contribution >= 4 is 49.6 Å². The van der Waals surface area contributed by atoms with E-state index in [9.17, 15) is 9.90 Å². The van der Waals surface area contributed by atoms with E-state index in [4.69, 9.17) is 0 Å². The first-order valence-corrected chi connectivity index (χ1v) is 7.99. The van der Waals surface area contributed by atoms with Gasteiger partial charge >= 0.3 is 5.97 Å². The molecule has 0 aromatic carbocycles. The van der Waals surface area contributed by atoms with Crippen molar-refractivity contribution in [2.24, 2.45) is 0 Å². The van der Waals surface area contributed by atoms with Crippen molar-refractivity contribution in [2.75, 3.05) is 0 Å². The molecule has 0 atom stereocenters. The minimum atomic E-state index is -0.981. The number of halogens is 2. The van der Waals surface area contributed by atoms with Gasteiger partial charge in [-0.1, -0.05) is 0 Å². The lowest BCUT2D eigenvalue weighted by Gasteiger charge is -2.09. The summed E-state index contributed by atoms with van der Waals surface area (Å²) in [7, 11) is 0. The van der Waals surface area contributed by atoms with E-state index in [0.29, 0.717) is 15.6 Å². The highest BCUT2D eigenvalue weighted by molar-refractivity contribution is 9.11. The van der Waals surface area contributed by atoms with Crippen molar-refractivity contribution in [3.63, 3.8) is 0 Å². The molecule has 2 rings (SSSR count). The number of pyridine rings is 2. The molecule has 0 saturated carbocycles. The second kappa shape index (κ2) is 6.24. The van der Waals surface area contributed by atoms with Crippen molar-refractivity contribution in [3.05, 3.63) is 44.1 Å². The van der Waals surface area contributed by atoms with Crippen LogP contribution in [0.4, 0.5) is 0 Å². The fourth-order valence-corrected chi connectivity index (χ4v) is 3.92. The summed E-state index contributed by atoms with van der Waals surface area (Å²) in [5.41, 5.74) is 1.70. The molecule has 0 bridgehead atoms. The highest BCUT2D eigenvalue weighted by Gasteiger charge is 2.18. The third-order valence-electron chi connectivity index (χ3n) is 2.49. The van der Waals surface area contributed by atoms with Crippen LogP contribution in [0.5, 0.6) is 0 Å². The van der Waals surface area contributed by atoms with Crippen LogP contribution in [0.3, 0.4) is 0 Å². The van der Waals surface area contributed by atoms with Gasteiger partial charge in [-0.25, -0.2) is 14.8 Å². The Labute approximate surface area is 137 Å². The van der Waals surface area contributed by atoms with E-state index in [1.54, 1.807) is 19.2 Å². The Hall–Kier alpha value is -0.920. The second-order valence-corrected chi connectivity index (χ2v) is 6.86. The van der Waals surface area contributed by atoms with Crippen LogP contribution in [-0.2, 0) is 0 Å². The van der Waals surface area contributed by atoms with Gasteiger partial charge in [0.05, 0.1) is 10.0 Å². The van der Waals surface area contributed by atoms with Gasteiger partial charge in [0, 0.05) is 16.4 Å². The van der Waals surface area contributed by atoms with E-state index in [1.807, 2.05) is 13.0 Å². The Morgan fingerprint density at radius 1 is 1.25 bits per heavy atom. The molecule has 0 unspecified atom stereocenters. The monoisotopic (exact) mass is 416 g/mol. The molecule has 0 aliphatic heterocycles. The second-order valence-electron chi connectivity index (χ2n) is 4.11. The molecule has 0 aliphatic rings. The Balaban J connectivity index is 2.50. The number of aromatic carboxylic acids is 1. The van der Waals surface area contributed by atoms with Gasteiger partial charge in [-0.05, 0) is 75.2 Å². The van der Waals surface area contributed by atoms with Gasteiger partial charge in [0.15, 0.2) is 0 Å². The highest BCUT2D eigenvalue weighted by Crippen LogP contribution is 2.34.